The molecule has 6 nitrogen and oxygen atoms in total. The van der Waals surface area contributed by atoms with Crippen molar-refractivity contribution >= 4 is 11.4 Å². The van der Waals surface area contributed by atoms with E-state index >= 15 is 0 Å². The Morgan fingerprint density at radius 2 is 2.27 bits per heavy atom. The predicted octanol–water partition coefficient (Wildman–Crippen LogP) is -0.629. The molecular formula is C9H10N4O2. The van der Waals surface area contributed by atoms with Crippen LogP contribution in [0, 0.1) is 0 Å². The Labute approximate surface area is 84.9 Å². The number of aryl methyl sites for hydroxylation is 1. The van der Waals surface area contributed by atoms with Gasteiger partial charge in [0.25, 0.3) is 5.56 Å². The van der Waals surface area contributed by atoms with Gasteiger partial charge < -0.3 is 10.3 Å². The first-order valence-corrected chi connectivity index (χ1v) is 4.49. The number of rotatable bonds is 3. The Morgan fingerprint density at radius 1 is 1.47 bits per heavy atom. The Kier molecular flexibility index (Phi) is 2.24. The lowest BCUT2D eigenvalue weighted by atomic mass is 10.4. The molecule has 0 aliphatic carbocycles. The first-order valence-electron chi connectivity index (χ1n) is 4.49. The highest BCUT2D eigenvalue weighted by Crippen LogP contribution is 1.95. The van der Waals surface area contributed by atoms with Crippen molar-refractivity contribution in [2.24, 2.45) is 5.73 Å². The number of nitrogens with zero attached hydrogens (tertiary/aromatic N) is 3. The second kappa shape index (κ2) is 3.56. The lowest BCUT2D eigenvalue weighted by Gasteiger charge is -2.03. The molecule has 0 fully saturated rings. The van der Waals surface area contributed by atoms with Crippen molar-refractivity contribution in [3.8, 4) is 0 Å². The largest absolute Gasteiger partial charge is 0.370 e. The van der Waals surface area contributed by atoms with E-state index in [1.165, 1.54) is 9.08 Å². The molecule has 0 saturated carbocycles. The van der Waals surface area contributed by atoms with E-state index in [0.29, 0.717) is 12.1 Å². The molecule has 2 aromatic rings. The maximum atomic E-state index is 11.8. The average molecular weight is 206 g/mol. The Balaban J connectivity index is 2.40. The van der Waals surface area contributed by atoms with Crippen LogP contribution < -0.4 is 11.3 Å². The highest BCUT2D eigenvalue weighted by Gasteiger charge is 2.03. The maximum Gasteiger partial charge on any atom is 0.276 e. The van der Waals surface area contributed by atoms with Crippen LogP contribution in [0.1, 0.15) is 6.42 Å². The van der Waals surface area contributed by atoms with Crippen molar-refractivity contribution in [2.45, 2.75) is 13.0 Å². The van der Waals surface area contributed by atoms with E-state index in [-0.39, 0.29) is 12.0 Å². The number of hydrogen-bond donors (Lipinski definition) is 1. The third-order valence-electron chi connectivity index (χ3n) is 2.14. The SMILES string of the molecule is NC(=O)CCn1ccn2nccc2c1=O. The summed E-state index contributed by atoms with van der Waals surface area (Å²) in [7, 11) is 0. The molecule has 2 heterocycles. The summed E-state index contributed by atoms with van der Waals surface area (Å²) in [5, 5.41) is 3.93. The minimum atomic E-state index is -0.421. The molecule has 2 N–H and O–H groups in total. The molecule has 0 atom stereocenters. The Hall–Kier alpha value is -2.11. The molecule has 1 amide bonds. The number of amides is 1. The van der Waals surface area contributed by atoms with Crippen LogP contribution in [0.15, 0.2) is 29.5 Å². The zero-order valence-corrected chi connectivity index (χ0v) is 7.96. The molecule has 0 unspecified atom stereocenters. The van der Waals surface area contributed by atoms with Crippen LogP contribution in [0.5, 0.6) is 0 Å². The van der Waals surface area contributed by atoms with Gasteiger partial charge in [-0.3, -0.25) is 9.59 Å². The number of hydrogen-bond acceptors (Lipinski definition) is 3. The summed E-state index contributed by atoms with van der Waals surface area (Å²) < 4.78 is 2.94. The van der Waals surface area contributed by atoms with Crippen molar-refractivity contribution < 1.29 is 4.79 Å². The van der Waals surface area contributed by atoms with Gasteiger partial charge in [-0.15, -0.1) is 0 Å². The van der Waals surface area contributed by atoms with Crippen molar-refractivity contribution in [2.75, 3.05) is 0 Å². The zero-order valence-electron chi connectivity index (χ0n) is 7.96. The van der Waals surface area contributed by atoms with Crippen molar-refractivity contribution in [3.63, 3.8) is 0 Å². The molecule has 78 valence electrons. The summed E-state index contributed by atoms with van der Waals surface area (Å²) >= 11 is 0. The number of carbonyl (C=O) groups excluding carboxylic acids is 1. The Morgan fingerprint density at radius 3 is 3.00 bits per heavy atom. The fraction of sp³-hybridized carbons (Fsp3) is 0.222. The third kappa shape index (κ3) is 1.74. The quantitative estimate of drug-likeness (QED) is 0.725. The van der Waals surface area contributed by atoms with Gasteiger partial charge in [-0.25, -0.2) is 4.52 Å². The molecule has 6 heteroatoms. The van der Waals surface area contributed by atoms with Gasteiger partial charge in [-0.05, 0) is 6.07 Å². The first-order chi connectivity index (χ1) is 7.18. The van der Waals surface area contributed by atoms with Crippen LogP contribution in [-0.4, -0.2) is 20.1 Å². The van der Waals surface area contributed by atoms with Gasteiger partial charge in [0.15, 0.2) is 0 Å². The Bertz CT molecular complexity index is 554. The van der Waals surface area contributed by atoms with Crippen LogP contribution in [0.25, 0.3) is 5.52 Å². The molecule has 0 aromatic carbocycles. The van der Waals surface area contributed by atoms with E-state index in [9.17, 15) is 9.59 Å². The van der Waals surface area contributed by atoms with Gasteiger partial charge in [-0.2, -0.15) is 5.10 Å². The summed E-state index contributed by atoms with van der Waals surface area (Å²) in [6.07, 6.45) is 4.96. The predicted molar refractivity (Wildman–Crippen MR) is 53.3 cm³/mol. The van der Waals surface area contributed by atoms with Crippen molar-refractivity contribution in [3.05, 3.63) is 35.0 Å². The summed E-state index contributed by atoms with van der Waals surface area (Å²) in [6, 6.07) is 1.63. The second-order valence-corrected chi connectivity index (χ2v) is 3.17. The molecule has 2 rings (SSSR count). The van der Waals surface area contributed by atoms with Crippen LogP contribution in [0.2, 0.25) is 0 Å². The van der Waals surface area contributed by atoms with E-state index in [1.54, 1.807) is 24.7 Å². The van der Waals surface area contributed by atoms with Gasteiger partial charge in [0.05, 0.1) is 6.20 Å². The average Bonchev–Trinajstić information content (AvgIpc) is 2.65. The van der Waals surface area contributed by atoms with Crippen LogP contribution in [-0.2, 0) is 11.3 Å². The van der Waals surface area contributed by atoms with Gasteiger partial charge in [0, 0.05) is 25.4 Å². The number of fused-ring (bicyclic) bond motifs is 1. The van der Waals surface area contributed by atoms with E-state index in [2.05, 4.69) is 5.10 Å². The second-order valence-electron chi connectivity index (χ2n) is 3.17. The monoisotopic (exact) mass is 206 g/mol. The number of primary amides is 1. The van der Waals surface area contributed by atoms with E-state index in [4.69, 9.17) is 5.73 Å². The van der Waals surface area contributed by atoms with Gasteiger partial charge in [0.2, 0.25) is 5.91 Å². The molecule has 0 bridgehead atoms. The third-order valence-corrected chi connectivity index (χ3v) is 2.14. The summed E-state index contributed by atoms with van der Waals surface area (Å²) in [4.78, 5) is 22.3. The van der Waals surface area contributed by atoms with Gasteiger partial charge in [-0.1, -0.05) is 0 Å². The number of carbonyl (C=O) groups is 1. The van der Waals surface area contributed by atoms with Gasteiger partial charge >= 0.3 is 0 Å². The first kappa shape index (κ1) is 9.45. The minimum Gasteiger partial charge on any atom is -0.370 e. The molecule has 0 aliphatic heterocycles. The maximum absolute atomic E-state index is 11.8. The topological polar surface area (TPSA) is 82.4 Å². The molecule has 0 aliphatic rings. The summed E-state index contributed by atoms with van der Waals surface area (Å²) in [5.74, 6) is -0.421. The van der Waals surface area contributed by atoms with Crippen LogP contribution >= 0.6 is 0 Å². The molecule has 0 spiro atoms. The number of nitrogens with two attached hydrogens (primary N) is 1. The standard InChI is InChI=1S/C9H10N4O2/c10-8(14)2-4-12-5-6-13-7(9(12)15)1-3-11-13/h1,3,5-6H,2,4H2,(H2,10,14). The van der Waals surface area contributed by atoms with Crippen molar-refractivity contribution in [1.29, 1.82) is 0 Å². The van der Waals surface area contributed by atoms with Gasteiger partial charge in [0.1, 0.15) is 5.52 Å². The van der Waals surface area contributed by atoms with Crippen LogP contribution in [0.3, 0.4) is 0 Å². The molecule has 0 radical (unpaired) electrons. The van der Waals surface area contributed by atoms with E-state index in [0.717, 1.165) is 0 Å². The van der Waals surface area contributed by atoms with Crippen molar-refractivity contribution in [1.82, 2.24) is 14.2 Å². The van der Waals surface area contributed by atoms with E-state index < -0.39 is 5.91 Å². The lowest BCUT2D eigenvalue weighted by molar-refractivity contribution is -0.118. The fourth-order valence-corrected chi connectivity index (χ4v) is 1.37. The smallest absolute Gasteiger partial charge is 0.276 e. The highest BCUT2D eigenvalue weighted by molar-refractivity contribution is 5.73. The zero-order chi connectivity index (χ0) is 10.8. The summed E-state index contributed by atoms with van der Waals surface area (Å²) in [6.45, 7) is 0.301. The number of aromatic nitrogens is 3. The van der Waals surface area contributed by atoms with E-state index in [1.807, 2.05) is 0 Å². The molecule has 0 saturated heterocycles. The molecule has 2 aromatic heterocycles. The lowest BCUT2D eigenvalue weighted by Crippen LogP contribution is -2.24. The normalized spacial score (nSPS) is 10.7. The fourth-order valence-electron chi connectivity index (χ4n) is 1.37. The summed E-state index contributed by atoms with van der Waals surface area (Å²) in [5.41, 5.74) is 5.33. The minimum absolute atomic E-state index is 0.157. The highest BCUT2D eigenvalue weighted by atomic mass is 16.1. The van der Waals surface area contributed by atoms with Crippen LogP contribution in [0.4, 0.5) is 0 Å². The molecular weight excluding hydrogens is 196 g/mol. The molecule has 15 heavy (non-hydrogen) atoms.